The van der Waals surface area contributed by atoms with Gasteiger partial charge in [0.1, 0.15) is 11.6 Å². The van der Waals surface area contributed by atoms with Gasteiger partial charge < -0.3 is 5.32 Å². The summed E-state index contributed by atoms with van der Waals surface area (Å²) >= 11 is 0. The molecular formula is C25H26N6. The van der Waals surface area contributed by atoms with Crippen LogP contribution < -0.4 is 5.32 Å². The molecule has 0 spiro atoms. The predicted molar refractivity (Wildman–Crippen MR) is 123 cm³/mol. The van der Waals surface area contributed by atoms with E-state index in [-0.39, 0.29) is 0 Å². The number of likely N-dealkylation sites (tertiary alicyclic amines) is 1. The molecule has 1 atom stereocenters. The number of aromatic nitrogens is 4. The summed E-state index contributed by atoms with van der Waals surface area (Å²) in [6.07, 6.45) is 9.13. The summed E-state index contributed by atoms with van der Waals surface area (Å²) in [5, 5.41) is 3.29. The lowest BCUT2D eigenvalue weighted by Crippen LogP contribution is -2.33. The number of aryl methyl sites for hydroxylation is 1. The van der Waals surface area contributed by atoms with E-state index >= 15 is 0 Å². The first-order chi connectivity index (χ1) is 15.2. The normalized spacial score (nSPS) is 17.0. The standard InChI is InChI=1S/C25H26N6/c1-18-5-4-7-25(29-18)30-24-11-9-20(16-28-24)23-6-2-3-14-31(23)17-19-8-10-21-22(15-19)27-13-12-26-21/h4-5,7-13,15-16,23H,2-3,6,14,17H2,1H3,(H,28,29,30)/t23-/m0/s1. The maximum absolute atomic E-state index is 4.67. The molecule has 0 radical (unpaired) electrons. The zero-order chi connectivity index (χ0) is 21.0. The van der Waals surface area contributed by atoms with Gasteiger partial charge in [0.2, 0.25) is 0 Å². The molecule has 0 unspecified atom stereocenters. The first kappa shape index (κ1) is 19.6. The zero-order valence-electron chi connectivity index (χ0n) is 17.7. The Morgan fingerprint density at radius 2 is 1.84 bits per heavy atom. The molecule has 4 heterocycles. The summed E-state index contributed by atoms with van der Waals surface area (Å²) in [5.41, 5.74) is 5.42. The summed E-state index contributed by atoms with van der Waals surface area (Å²) in [6.45, 7) is 3.99. The fourth-order valence-electron chi connectivity index (χ4n) is 4.32. The van der Waals surface area contributed by atoms with E-state index in [1.807, 2.05) is 31.3 Å². The minimum absolute atomic E-state index is 0.380. The number of fused-ring (bicyclic) bond motifs is 1. The number of pyridine rings is 2. The molecule has 1 fully saturated rings. The van der Waals surface area contributed by atoms with Crippen molar-refractivity contribution in [1.29, 1.82) is 0 Å². The van der Waals surface area contributed by atoms with E-state index in [4.69, 9.17) is 0 Å². The van der Waals surface area contributed by atoms with Gasteiger partial charge in [-0.15, -0.1) is 0 Å². The molecule has 0 bridgehead atoms. The summed E-state index contributed by atoms with van der Waals surface area (Å²) in [5.74, 6) is 1.64. The van der Waals surface area contributed by atoms with E-state index in [1.165, 1.54) is 24.0 Å². The molecule has 1 aromatic carbocycles. The van der Waals surface area contributed by atoms with E-state index in [9.17, 15) is 0 Å². The summed E-state index contributed by atoms with van der Waals surface area (Å²) in [7, 11) is 0. The molecule has 31 heavy (non-hydrogen) atoms. The van der Waals surface area contributed by atoms with Crippen LogP contribution in [0.2, 0.25) is 0 Å². The Labute approximate surface area is 182 Å². The Bertz CT molecular complexity index is 1170. The lowest BCUT2D eigenvalue weighted by atomic mass is 9.95. The van der Waals surface area contributed by atoms with E-state index < -0.39 is 0 Å². The maximum atomic E-state index is 4.67. The first-order valence-corrected chi connectivity index (χ1v) is 10.8. The molecule has 0 aliphatic carbocycles. The number of piperidine rings is 1. The zero-order valence-corrected chi connectivity index (χ0v) is 17.7. The van der Waals surface area contributed by atoms with Gasteiger partial charge in [-0.2, -0.15) is 0 Å². The van der Waals surface area contributed by atoms with Gasteiger partial charge in [-0.25, -0.2) is 9.97 Å². The number of nitrogens with one attached hydrogen (secondary N) is 1. The van der Waals surface area contributed by atoms with Crippen LogP contribution in [0.25, 0.3) is 11.0 Å². The van der Waals surface area contributed by atoms with Crippen molar-refractivity contribution in [3.05, 3.63) is 83.9 Å². The van der Waals surface area contributed by atoms with Crippen molar-refractivity contribution in [2.24, 2.45) is 0 Å². The van der Waals surface area contributed by atoms with E-state index in [1.54, 1.807) is 12.4 Å². The van der Waals surface area contributed by atoms with Gasteiger partial charge in [0, 0.05) is 36.9 Å². The summed E-state index contributed by atoms with van der Waals surface area (Å²) < 4.78 is 0. The SMILES string of the molecule is Cc1cccc(Nc2ccc([C@@H]3CCCCN3Cc3ccc4nccnc4c3)cn2)n1. The molecule has 0 amide bonds. The molecule has 6 heteroatoms. The number of rotatable bonds is 5. The Balaban J connectivity index is 1.32. The minimum atomic E-state index is 0.380. The van der Waals surface area contributed by atoms with Gasteiger partial charge in [0.25, 0.3) is 0 Å². The molecule has 1 saturated heterocycles. The van der Waals surface area contributed by atoms with E-state index in [0.717, 1.165) is 47.9 Å². The second kappa shape index (κ2) is 8.78. The molecule has 5 rings (SSSR count). The number of hydrogen-bond donors (Lipinski definition) is 1. The monoisotopic (exact) mass is 410 g/mol. The predicted octanol–water partition coefficient (Wildman–Crippen LogP) is 5.20. The van der Waals surface area contributed by atoms with Gasteiger partial charge in [-0.05, 0) is 67.8 Å². The Hall–Kier alpha value is -3.38. The smallest absolute Gasteiger partial charge is 0.131 e. The van der Waals surface area contributed by atoms with Crippen molar-refractivity contribution in [1.82, 2.24) is 24.8 Å². The molecule has 1 aliphatic rings. The Morgan fingerprint density at radius 3 is 2.68 bits per heavy atom. The quantitative estimate of drug-likeness (QED) is 0.488. The highest BCUT2D eigenvalue weighted by Crippen LogP contribution is 2.32. The Kier molecular flexibility index (Phi) is 5.54. The molecule has 6 nitrogen and oxygen atoms in total. The average Bonchev–Trinajstić information content (AvgIpc) is 2.80. The van der Waals surface area contributed by atoms with Gasteiger partial charge >= 0.3 is 0 Å². The number of benzene rings is 1. The van der Waals surface area contributed by atoms with Crippen LogP contribution in [-0.2, 0) is 6.54 Å². The van der Waals surface area contributed by atoms with Gasteiger partial charge in [0.05, 0.1) is 11.0 Å². The fraction of sp³-hybridized carbons (Fsp3) is 0.280. The number of anilines is 2. The van der Waals surface area contributed by atoms with Gasteiger partial charge in [-0.3, -0.25) is 14.9 Å². The van der Waals surface area contributed by atoms with Crippen molar-refractivity contribution in [3.8, 4) is 0 Å². The molecule has 0 saturated carbocycles. The van der Waals surface area contributed by atoms with E-state index in [2.05, 4.69) is 60.5 Å². The molecule has 1 N–H and O–H groups in total. The molecule has 156 valence electrons. The second-order valence-electron chi connectivity index (χ2n) is 8.13. The highest BCUT2D eigenvalue weighted by atomic mass is 15.2. The molecule has 4 aromatic rings. The van der Waals surface area contributed by atoms with Crippen molar-refractivity contribution >= 4 is 22.7 Å². The van der Waals surface area contributed by atoms with Crippen LogP contribution in [0, 0.1) is 6.92 Å². The molecular weight excluding hydrogens is 384 g/mol. The van der Waals surface area contributed by atoms with Gasteiger partial charge in [-0.1, -0.05) is 24.6 Å². The highest BCUT2D eigenvalue weighted by Gasteiger charge is 2.24. The van der Waals surface area contributed by atoms with Crippen LogP contribution in [0.4, 0.5) is 11.6 Å². The average molecular weight is 411 g/mol. The number of hydrogen-bond acceptors (Lipinski definition) is 6. The van der Waals surface area contributed by atoms with Crippen molar-refractivity contribution in [3.63, 3.8) is 0 Å². The van der Waals surface area contributed by atoms with Crippen LogP contribution in [0.3, 0.4) is 0 Å². The van der Waals surface area contributed by atoms with E-state index in [0.29, 0.717) is 6.04 Å². The van der Waals surface area contributed by atoms with Crippen LogP contribution in [0.5, 0.6) is 0 Å². The third-order valence-electron chi connectivity index (χ3n) is 5.85. The minimum Gasteiger partial charge on any atom is -0.325 e. The van der Waals surface area contributed by atoms with Gasteiger partial charge in [0.15, 0.2) is 0 Å². The number of nitrogens with zero attached hydrogens (tertiary/aromatic N) is 5. The van der Waals surface area contributed by atoms with Crippen molar-refractivity contribution in [2.75, 3.05) is 11.9 Å². The summed E-state index contributed by atoms with van der Waals surface area (Å²) in [6, 6.07) is 17.0. The third kappa shape index (κ3) is 4.54. The first-order valence-electron chi connectivity index (χ1n) is 10.8. The largest absolute Gasteiger partial charge is 0.325 e. The van der Waals surface area contributed by atoms with Crippen LogP contribution >= 0.6 is 0 Å². The lowest BCUT2D eigenvalue weighted by molar-refractivity contribution is 0.140. The van der Waals surface area contributed by atoms with Crippen molar-refractivity contribution in [2.45, 2.75) is 38.8 Å². The lowest BCUT2D eigenvalue weighted by Gasteiger charge is -2.36. The molecule has 1 aliphatic heterocycles. The maximum Gasteiger partial charge on any atom is 0.131 e. The third-order valence-corrected chi connectivity index (χ3v) is 5.85. The molecule has 3 aromatic heterocycles. The highest BCUT2D eigenvalue weighted by molar-refractivity contribution is 5.74. The van der Waals surface area contributed by atoms with Crippen LogP contribution in [-0.4, -0.2) is 31.4 Å². The topological polar surface area (TPSA) is 66.8 Å². The van der Waals surface area contributed by atoms with Crippen LogP contribution in [0.1, 0.15) is 42.1 Å². The fourth-order valence-corrected chi connectivity index (χ4v) is 4.32. The van der Waals surface area contributed by atoms with Crippen LogP contribution in [0.15, 0.2) is 67.1 Å². The summed E-state index contributed by atoms with van der Waals surface area (Å²) in [4.78, 5) is 20.6. The van der Waals surface area contributed by atoms with Crippen molar-refractivity contribution < 1.29 is 0 Å². The Morgan fingerprint density at radius 1 is 0.935 bits per heavy atom. The second-order valence-corrected chi connectivity index (χ2v) is 8.13.